The van der Waals surface area contributed by atoms with Crippen molar-refractivity contribution in [3.8, 4) is 0 Å². The maximum Gasteiger partial charge on any atom is 0.322 e. The number of aromatic amines is 1. The molecule has 0 radical (unpaired) electrons. The number of aryl methyl sites for hydroxylation is 1. The van der Waals surface area contributed by atoms with Gasteiger partial charge in [-0.1, -0.05) is 19.1 Å². The third-order valence-electron chi connectivity index (χ3n) is 3.72. The van der Waals surface area contributed by atoms with Crippen LogP contribution in [-0.2, 0) is 0 Å². The van der Waals surface area contributed by atoms with E-state index in [1.165, 1.54) is 6.92 Å². The molecule has 2 rings (SSSR count). The summed E-state index contributed by atoms with van der Waals surface area (Å²) in [6, 6.07) is 6.42. The van der Waals surface area contributed by atoms with Gasteiger partial charge in [0, 0.05) is 6.04 Å². The highest BCUT2D eigenvalue weighted by atomic mass is 16.6. The minimum atomic E-state index is -0.764. The van der Waals surface area contributed by atoms with E-state index in [0.29, 0.717) is 0 Å². The first-order valence-corrected chi connectivity index (χ1v) is 7.75. The fraction of sp³-hybridized carbons (Fsp3) is 0.312. The largest absolute Gasteiger partial charge is 0.350 e. The quantitative estimate of drug-likeness (QED) is 0.547. The highest BCUT2D eigenvalue weighted by Crippen LogP contribution is 2.22. The first-order valence-electron chi connectivity index (χ1n) is 7.75. The summed E-state index contributed by atoms with van der Waals surface area (Å²) in [4.78, 5) is 35.1. The number of aromatic nitrogens is 2. The fourth-order valence-electron chi connectivity index (χ4n) is 2.18. The van der Waals surface area contributed by atoms with Gasteiger partial charge in [0.2, 0.25) is 5.69 Å². The molecule has 9 nitrogen and oxygen atoms in total. The Balaban J connectivity index is 2.28. The van der Waals surface area contributed by atoms with E-state index in [9.17, 15) is 19.7 Å². The highest BCUT2D eigenvalue weighted by molar-refractivity contribution is 6.09. The number of hydrogen-bond donors (Lipinski definition) is 3. The lowest BCUT2D eigenvalue weighted by atomic mass is 10.1. The molecule has 25 heavy (non-hydrogen) atoms. The van der Waals surface area contributed by atoms with E-state index in [0.717, 1.165) is 6.42 Å². The Hall–Kier alpha value is -3.23. The molecule has 9 heteroatoms. The number of H-pyrrole nitrogens is 1. The number of carbonyl (C=O) groups excluding carboxylic acids is 2. The average Bonchev–Trinajstić information content (AvgIpc) is 2.97. The van der Waals surface area contributed by atoms with Crippen molar-refractivity contribution < 1.29 is 14.5 Å². The van der Waals surface area contributed by atoms with Crippen molar-refractivity contribution in [2.24, 2.45) is 0 Å². The zero-order valence-corrected chi connectivity index (χ0v) is 14.1. The van der Waals surface area contributed by atoms with Crippen LogP contribution in [0.4, 0.5) is 11.4 Å². The SMILES string of the molecule is CCC(C)NC(=O)c1ccccc1NC(=O)c1n[nH]c(C)c1[N+](=O)[O-]. The molecule has 1 aromatic carbocycles. The van der Waals surface area contributed by atoms with Crippen molar-refractivity contribution in [1.29, 1.82) is 0 Å². The lowest BCUT2D eigenvalue weighted by Gasteiger charge is -2.14. The molecule has 0 fully saturated rings. The van der Waals surface area contributed by atoms with E-state index in [2.05, 4.69) is 20.8 Å². The number of anilines is 1. The predicted molar refractivity (Wildman–Crippen MR) is 91.6 cm³/mol. The van der Waals surface area contributed by atoms with E-state index in [1.54, 1.807) is 24.3 Å². The first kappa shape index (κ1) is 18.1. The minimum absolute atomic E-state index is 0.0219. The van der Waals surface area contributed by atoms with E-state index in [-0.39, 0.29) is 40.3 Å². The van der Waals surface area contributed by atoms with Crippen LogP contribution in [0.1, 0.15) is 46.8 Å². The molecule has 1 aromatic heterocycles. The molecule has 1 unspecified atom stereocenters. The number of rotatable bonds is 6. The molecule has 2 aromatic rings. The number of hydrogen-bond acceptors (Lipinski definition) is 5. The summed E-state index contributed by atoms with van der Waals surface area (Å²) >= 11 is 0. The lowest BCUT2D eigenvalue weighted by molar-refractivity contribution is -0.385. The monoisotopic (exact) mass is 345 g/mol. The van der Waals surface area contributed by atoms with E-state index in [1.807, 2.05) is 13.8 Å². The van der Waals surface area contributed by atoms with Gasteiger partial charge in [-0.05, 0) is 32.4 Å². The third kappa shape index (κ3) is 4.00. The number of nitrogens with one attached hydrogen (secondary N) is 3. The number of nitro groups is 1. The molecule has 3 N–H and O–H groups in total. The average molecular weight is 345 g/mol. The first-order chi connectivity index (χ1) is 11.8. The van der Waals surface area contributed by atoms with Crippen LogP contribution < -0.4 is 10.6 Å². The molecule has 0 saturated heterocycles. The predicted octanol–water partition coefficient (Wildman–Crippen LogP) is 2.41. The standard InChI is InChI=1S/C16H19N5O4/c1-4-9(2)17-15(22)11-7-5-6-8-12(11)18-16(23)13-14(21(24)25)10(3)19-20-13/h5-9H,4H2,1-3H3,(H,17,22)(H,18,23)(H,19,20). The normalized spacial score (nSPS) is 11.6. The van der Waals surface area contributed by atoms with Crippen LogP contribution in [0.5, 0.6) is 0 Å². The van der Waals surface area contributed by atoms with Gasteiger partial charge in [-0.3, -0.25) is 24.8 Å². The molecule has 0 aliphatic rings. The second-order valence-corrected chi connectivity index (χ2v) is 5.59. The van der Waals surface area contributed by atoms with Crippen LogP contribution >= 0.6 is 0 Å². The minimum Gasteiger partial charge on any atom is -0.350 e. The topological polar surface area (TPSA) is 130 Å². The Morgan fingerprint density at radius 3 is 2.64 bits per heavy atom. The van der Waals surface area contributed by atoms with Crippen LogP contribution in [0.2, 0.25) is 0 Å². The van der Waals surface area contributed by atoms with Crippen molar-refractivity contribution in [3.05, 3.63) is 51.3 Å². The summed E-state index contributed by atoms with van der Waals surface area (Å²) in [6.45, 7) is 5.27. The Morgan fingerprint density at radius 1 is 1.32 bits per heavy atom. The molecule has 0 aliphatic carbocycles. The van der Waals surface area contributed by atoms with Crippen molar-refractivity contribution >= 4 is 23.2 Å². The van der Waals surface area contributed by atoms with Crippen molar-refractivity contribution in [1.82, 2.24) is 15.5 Å². The number of amides is 2. The van der Waals surface area contributed by atoms with E-state index >= 15 is 0 Å². The van der Waals surface area contributed by atoms with Gasteiger partial charge in [0.15, 0.2) is 0 Å². The zero-order chi connectivity index (χ0) is 18.6. The maximum absolute atomic E-state index is 12.4. The summed E-state index contributed by atoms with van der Waals surface area (Å²) in [7, 11) is 0. The van der Waals surface area contributed by atoms with Gasteiger partial charge < -0.3 is 10.6 Å². The second-order valence-electron chi connectivity index (χ2n) is 5.59. The van der Waals surface area contributed by atoms with Gasteiger partial charge in [-0.25, -0.2) is 0 Å². The van der Waals surface area contributed by atoms with E-state index in [4.69, 9.17) is 0 Å². The fourth-order valence-corrected chi connectivity index (χ4v) is 2.18. The van der Waals surface area contributed by atoms with Gasteiger partial charge in [-0.15, -0.1) is 0 Å². The summed E-state index contributed by atoms with van der Waals surface area (Å²) in [5, 5.41) is 22.5. The van der Waals surface area contributed by atoms with Gasteiger partial charge in [0.05, 0.1) is 16.2 Å². The lowest BCUT2D eigenvalue weighted by Crippen LogP contribution is -2.32. The molecule has 132 valence electrons. The Labute approximate surface area is 144 Å². The smallest absolute Gasteiger partial charge is 0.322 e. The van der Waals surface area contributed by atoms with Crippen LogP contribution in [0.25, 0.3) is 0 Å². The van der Waals surface area contributed by atoms with Crippen molar-refractivity contribution in [3.63, 3.8) is 0 Å². The number of benzene rings is 1. The van der Waals surface area contributed by atoms with Crippen LogP contribution in [-0.4, -0.2) is 33.0 Å². The summed E-state index contributed by atoms with van der Waals surface area (Å²) in [5.74, 6) is -1.10. The Morgan fingerprint density at radius 2 is 2.00 bits per heavy atom. The molecule has 0 aliphatic heterocycles. The number of para-hydroxylation sites is 1. The molecular formula is C16H19N5O4. The number of nitrogens with zero attached hydrogens (tertiary/aromatic N) is 2. The molecular weight excluding hydrogens is 326 g/mol. The van der Waals surface area contributed by atoms with Crippen LogP contribution in [0.3, 0.4) is 0 Å². The number of carbonyl (C=O) groups is 2. The van der Waals surface area contributed by atoms with Gasteiger partial charge in [0.1, 0.15) is 5.69 Å². The summed E-state index contributed by atoms with van der Waals surface area (Å²) in [6.07, 6.45) is 0.763. The van der Waals surface area contributed by atoms with E-state index < -0.39 is 10.8 Å². The van der Waals surface area contributed by atoms with Crippen LogP contribution in [0, 0.1) is 17.0 Å². The summed E-state index contributed by atoms with van der Waals surface area (Å²) in [5.41, 5.74) is -0.0223. The molecule has 2 amide bonds. The Bertz CT molecular complexity index is 815. The molecule has 1 heterocycles. The molecule has 0 bridgehead atoms. The van der Waals surface area contributed by atoms with Crippen molar-refractivity contribution in [2.45, 2.75) is 33.2 Å². The van der Waals surface area contributed by atoms with Gasteiger partial charge in [0.25, 0.3) is 11.8 Å². The third-order valence-corrected chi connectivity index (χ3v) is 3.72. The molecule has 0 saturated carbocycles. The molecule has 1 atom stereocenters. The van der Waals surface area contributed by atoms with Crippen LogP contribution in [0.15, 0.2) is 24.3 Å². The maximum atomic E-state index is 12.4. The summed E-state index contributed by atoms with van der Waals surface area (Å²) < 4.78 is 0. The van der Waals surface area contributed by atoms with Crippen molar-refractivity contribution in [2.75, 3.05) is 5.32 Å². The van der Waals surface area contributed by atoms with Gasteiger partial charge >= 0.3 is 5.69 Å². The van der Waals surface area contributed by atoms with Gasteiger partial charge in [-0.2, -0.15) is 5.10 Å². The highest BCUT2D eigenvalue weighted by Gasteiger charge is 2.28. The second kappa shape index (κ2) is 7.56. The molecule has 0 spiro atoms. The Kier molecular flexibility index (Phi) is 5.48. The zero-order valence-electron chi connectivity index (χ0n) is 14.1.